The topological polar surface area (TPSA) is 21.8 Å². The third kappa shape index (κ3) is 4.26. The maximum atomic E-state index is 6.30. The van der Waals surface area contributed by atoms with E-state index in [1.54, 1.807) is 0 Å². The normalized spacial score (nSPS) is 18.9. The van der Waals surface area contributed by atoms with Crippen molar-refractivity contribution in [1.82, 2.24) is 0 Å². The third-order valence-electron chi connectivity index (χ3n) is 4.43. The summed E-state index contributed by atoms with van der Waals surface area (Å²) in [6, 6.07) is 26.9. The van der Waals surface area contributed by atoms with E-state index in [4.69, 9.17) is 9.47 Å². The predicted molar refractivity (Wildman–Crippen MR) is 110 cm³/mol. The van der Waals surface area contributed by atoms with Crippen LogP contribution in [0.2, 0.25) is 0 Å². The molecule has 0 amide bonds. The van der Waals surface area contributed by atoms with Gasteiger partial charge in [-0.15, -0.1) is 0 Å². The molecular weight excluding hydrogens is 456 g/mol. The Hall–Kier alpha value is -1.46. The Balaban J connectivity index is 1.46. The van der Waals surface area contributed by atoms with E-state index in [1.807, 2.05) is 42.5 Å². The maximum absolute atomic E-state index is 6.30. The molecule has 1 heterocycles. The zero-order valence-electron chi connectivity index (χ0n) is 14.0. The van der Waals surface area contributed by atoms with Gasteiger partial charge in [-0.05, 0) is 34.9 Å². The number of hydrogen-bond donors (Lipinski definition) is 0. The summed E-state index contributed by atoms with van der Waals surface area (Å²) in [5, 5.41) is 0. The van der Waals surface area contributed by atoms with Crippen LogP contribution in [0.15, 0.2) is 87.8 Å². The average Bonchev–Trinajstić information content (AvgIpc) is 3.43. The maximum Gasteiger partial charge on any atom is 0.112 e. The van der Waals surface area contributed by atoms with E-state index in [0.717, 1.165) is 25.6 Å². The lowest BCUT2D eigenvalue weighted by Gasteiger charge is -2.18. The van der Waals surface area contributed by atoms with E-state index < -0.39 is 0 Å². The second-order valence-electron chi connectivity index (χ2n) is 6.33. The molecule has 0 radical (unpaired) electrons. The van der Waals surface area contributed by atoms with Crippen LogP contribution in [-0.4, -0.2) is 12.7 Å². The second-order valence-corrected chi connectivity index (χ2v) is 8.16. The van der Waals surface area contributed by atoms with Gasteiger partial charge < -0.3 is 9.47 Å². The summed E-state index contributed by atoms with van der Waals surface area (Å²) in [6.07, 6.45) is 0.0959. The summed E-state index contributed by atoms with van der Waals surface area (Å²) >= 11 is 7.07. The summed E-state index contributed by atoms with van der Waals surface area (Å²) < 4.78 is 14.3. The van der Waals surface area contributed by atoms with Gasteiger partial charge in [-0.3, -0.25) is 0 Å². The molecular formula is C22H18Br2O2. The zero-order chi connectivity index (χ0) is 17.9. The molecule has 1 aliphatic heterocycles. The molecule has 0 aliphatic carbocycles. The van der Waals surface area contributed by atoms with Crippen molar-refractivity contribution in [1.29, 1.82) is 0 Å². The lowest BCUT2D eigenvalue weighted by atomic mass is 10.0. The minimum atomic E-state index is -0.0866. The van der Waals surface area contributed by atoms with Gasteiger partial charge in [0.2, 0.25) is 0 Å². The standard InChI is InChI=1S/C22H18Br2O2/c23-18-11-17(12-19(24)13-18)22-20(26-22)14-25-21(15-7-3-1-4-8-15)16-9-5-2-6-10-16/h1-13,20-22H,14H2/t20-,22-/m0/s1. The molecule has 0 spiro atoms. The first-order valence-electron chi connectivity index (χ1n) is 8.53. The quantitative estimate of drug-likeness (QED) is 0.383. The van der Waals surface area contributed by atoms with E-state index in [2.05, 4.69) is 68.3 Å². The molecule has 26 heavy (non-hydrogen) atoms. The van der Waals surface area contributed by atoms with Gasteiger partial charge in [0.15, 0.2) is 0 Å². The summed E-state index contributed by atoms with van der Waals surface area (Å²) in [4.78, 5) is 0. The first kappa shape index (κ1) is 17.9. The van der Waals surface area contributed by atoms with Crippen LogP contribution in [0.5, 0.6) is 0 Å². The van der Waals surface area contributed by atoms with Crippen molar-refractivity contribution in [2.45, 2.75) is 18.3 Å². The van der Waals surface area contributed by atoms with Gasteiger partial charge in [0.1, 0.15) is 18.3 Å². The molecule has 4 rings (SSSR count). The summed E-state index contributed by atoms with van der Waals surface area (Å²) in [5.41, 5.74) is 3.47. The van der Waals surface area contributed by atoms with Crippen molar-refractivity contribution < 1.29 is 9.47 Å². The van der Waals surface area contributed by atoms with Gasteiger partial charge >= 0.3 is 0 Å². The molecule has 3 aromatic rings. The third-order valence-corrected chi connectivity index (χ3v) is 5.34. The van der Waals surface area contributed by atoms with E-state index in [1.165, 1.54) is 0 Å². The Morgan fingerprint density at radius 3 is 1.88 bits per heavy atom. The molecule has 2 atom stereocenters. The first-order chi connectivity index (χ1) is 12.7. The molecule has 132 valence electrons. The van der Waals surface area contributed by atoms with Crippen LogP contribution < -0.4 is 0 Å². The van der Waals surface area contributed by atoms with Crippen LogP contribution in [0.3, 0.4) is 0 Å². The molecule has 2 nitrogen and oxygen atoms in total. The van der Waals surface area contributed by atoms with Crippen LogP contribution >= 0.6 is 31.9 Å². The Labute approximate surface area is 170 Å². The minimum absolute atomic E-state index is 0.0866. The first-order valence-corrected chi connectivity index (χ1v) is 10.1. The number of halogens is 2. The Morgan fingerprint density at radius 2 is 1.35 bits per heavy atom. The molecule has 0 saturated carbocycles. The molecule has 0 bridgehead atoms. The lowest BCUT2D eigenvalue weighted by Crippen LogP contribution is -2.11. The SMILES string of the molecule is Brc1cc(Br)cc([C@@H]2O[C@H]2COC(c2ccccc2)c2ccccc2)c1. The van der Waals surface area contributed by atoms with Crippen LogP contribution in [0.25, 0.3) is 0 Å². The summed E-state index contributed by atoms with van der Waals surface area (Å²) in [6.45, 7) is 0.559. The van der Waals surface area contributed by atoms with Gasteiger partial charge in [0.25, 0.3) is 0 Å². The highest BCUT2D eigenvalue weighted by Gasteiger charge is 2.41. The number of rotatable bonds is 6. The second kappa shape index (κ2) is 8.05. The molecule has 0 N–H and O–H groups in total. The zero-order valence-corrected chi connectivity index (χ0v) is 17.2. The van der Waals surface area contributed by atoms with E-state index in [0.29, 0.717) is 6.61 Å². The van der Waals surface area contributed by atoms with Gasteiger partial charge in [0.05, 0.1) is 6.61 Å². The van der Waals surface area contributed by atoms with E-state index >= 15 is 0 Å². The van der Waals surface area contributed by atoms with Crippen molar-refractivity contribution in [3.63, 3.8) is 0 Å². The van der Waals surface area contributed by atoms with Crippen LogP contribution in [0.4, 0.5) is 0 Å². The van der Waals surface area contributed by atoms with Crippen molar-refractivity contribution >= 4 is 31.9 Å². The van der Waals surface area contributed by atoms with Gasteiger partial charge in [-0.25, -0.2) is 0 Å². The van der Waals surface area contributed by atoms with E-state index in [-0.39, 0.29) is 18.3 Å². The van der Waals surface area contributed by atoms with Crippen molar-refractivity contribution in [2.75, 3.05) is 6.61 Å². The lowest BCUT2D eigenvalue weighted by molar-refractivity contribution is 0.0672. The molecule has 1 saturated heterocycles. The van der Waals surface area contributed by atoms with Crippen molar-refractivity contribution in [2.24, 2.45) is 0 Å². The number of hydrogen-bond acceptors (Lipinski definition) is 2. The highest BCUT2D eigenvalue weighted by molar-refractivity contribution is 9.11. The Morgan fingerprint density at radius 1 is 0.808 bits per heavy atom. The molecule has 1 fully saturated rings. The number of epoxide rings is 1. The molecule has 0 unspecified atom stereocenters. The van der Waals surface area contributed by atoms with Gasteiger partial charge in [-0.2, -0.15) is 0 Å². The number of benzene rings is 3. The minimum Gasteiger partial charge on any atom is -0.366 e. The Bertz CT molecular complexity index is 808. The van der Waals surface area contributed by atoms with Crippen LogP contribution in [-0.2, 0) is 9.47 Å². The van der Waals surface area contributed by atoms with Crippen LogP contribution in [0, 0.1) is 0 Å². The molecule has 1 aliphatic rings. The molecule has 3 aromatic carbocycles. The average molecular weight is 474 g/mol. The molecule has 0 aromatic heterocycles. The fourth-order valence-corrected chi connectivity index (χ4v) is 4.46. The predicted octanol–water partition coefficient (Wildman–Crippen LogP) is 6.46. The monoisotopic (exact) mass is 472 g/mol. The van der Waals surface area contributed by atoms with Crippen LogP contribution in [0.1, 0.15) is 28.9 Å². The fraction of sp³-hybridized carbons (Fsp3) is 0.182. The molecule has 4 heteroatoms. The Kier molecular flexibility index (Phi) is 5.55. The number of ether oxygens (including phenoxy) is 2. The summed E-state index contributed by atoms with van der Waals surface area (Å²) in [7, 11) is 0. The smallest absolute Gasteiger partial charge is 0.112 e. The van der Waals surface area contributed by atoms with Gasteiger partial charge in [-0.1, -0.05) is 92.5 Å². The highest BCUT2D eigenvalue weighted by atomic mass is 79.9. The highest BCUT2D eigenvalue weighted by Crippen LogP contribution is 2.41. The van der Waals surface area contributed by atoms with Crippen molar-refractivity contribution in [3.05, 3.63) is 104 Å². The van der Waals surface area contributed by atoms with Gasteiger partial charge in [0, 0.05) is 8.95 Å². The largest absolute Gasteiger partial charge is 0.366 e. The van der Waals surface area contributed by atoms with Crippen molar-refractivity contribution in [3.8, 4) is 0 Å². The van der Waals surface area contributed by atoms with E-state index in [9.17, 15) is 0 Å². The fourth-order valence-electron chi connectivity index (χ4n) is 3.13. The summed E-state index contributed by atoms with van der Waals surface area (Å²) in [5.74, 6) is 0.